The summed E-state index contributed by atoms with van der Waals surface area (Å²) in [6, 6.07) is 0.200. The fourth-order valence-corrected chi connectivity index (χ4v) is 10.4. The van der Waals surface area contributed by atoms with Gasteiger partial charge in [-0.15, -0.1) is 0 Å². The minimum Gasteiger partial charge on any atom is -0.392 e. The van der Waals surface area contributed by atoms with Crippen LogP contribution in [-0.4, -0.2) is 84.1 Å². The average Bonchev–Trinajstić information content (AvgIpc) is 3.13. The fraction of sp³-hybridized carbons (Fsp3) is 1.00. The summed E-state index contributed by atoms with van der Waals surface area (Å²) >= 11 is 0. The van der Waals surface area contributed by atoms with Gasteiger partial charge in [0.05, 0.1) is 30.5 Å². The van der Waals surface area contributed by atoms with Crippen LogP contribution in [0.5, 0.6) is 0 Å². The first-order valence-corrected chi connectivity index (χ1v) is 11.7. The van der Waals surface area contributed by atoms with E-state index >= 15 is 0 Å². The molecule has 12 atom stereocenters. The first-order valence-electron chi connectivity index (χ1n) is 11.7. The summed E-state index contributed by atoms with van der Waals surface area (Å²) in [7, 11) is 3.52. The van der Waals surface area contributed by atoms with E-state index in [2.05, 4.69) is 11.8 Å². The molecule has 29 heavy (non-hydrogen) atoms. The second-order valence-corrected chi connectivity index (χ2v) is 11.2. The van der Waals surface area contributed by atoms with Gasteiger partial charge in [0.25, 0.3) is 0 Å². The van der Waals surface area contributed by atoms with Gasteiger partial charge >= 0.3 is 0 Å². The van der Waals surface area contributed by atoms with Crippen LogP contribution in [0.1, 0.15) is 39.0 Å². The minimum atomic E-state index is -0.901. The van der Waals surface area contributed by atoms with Gasteiger partial charge < -0.3 is 24.8 Å². The fourth-order valence-electron chi connectivity index (χ4n) is 10.4. The van der Waals surface area contributed by atoms with Crippen molar-refractivity contribution in [2.45, 2.75) is 69.0 Å². The number of piperidine rings is 1. The molecule has 7 bridgehead atoms. The predicted molar refractivity (Wildman–Crippen MR) is 106 cm³/mol. The summed E-state index contributed by atoms with van der Waals surface area (Å²) in [5.41, 5.74) is -1.08. The van der Waals surface area contributed by atoms with Crippen LogP contribution in [-0.2, 0) is 9.47 Å². The van der Waals surface area contributed by atoms with E-state index < -0.39 is 11.7 Å². The highest BCUT2D eigenvalue weighted by molar-refractivity contribution is 5.33. The van der Waals surface area contributed by atoms with Crippen molar-refractivity contribution in [3.05, 3.63) is 0 Å². The molecule has 0 aromatic rings. The normalized spacial score (nSPS) is 62.5. The third-order valence-electron chi connectivity index (χ3n) is 10.9. The number of hydrogen-bond donors (Lipinski definition) is 3. The summed E-state index contributed by atoms with van der Waals surface area (Å²) < 4.78 is 11.6. The lowest BCUT2D eigenvalue weighted by Crippen LogP contribution is -2.76. The molecule has 0 radical (unpaired) electrons. The molecule has 6 heteroatoms. The number of aliphatic hydroxyl groups is 3. The minimum absolute atomic E-state index is 0.0495. The van der Waals surface area contributed by atoms with Crippen LogP contribution in [0, 0.1) is 40.4 Å². The predicted octanol–water partition coefficient (Wildman–Crippen LogP) is 0.877. The number of methoxy groups -OCH3 is 2. The lowest BCUT2D eigenvalue weighted by molar-refractivity contribution is -0.272. The maximum Gasteiger partial charge on any atom is 0.0771 e. The van der Waals surface area contributed by atoms with Gasteiger partial charge in [0.2, 0.25) is 0 Å². The molecule has 5 saturated carbocycles. The summed E-state index contributed by atoms with van der Waals surface area (Å²) in [5.74, 6) is 0.553. The van der Waals surface area contributed by atoms with Gasteiger partial charge in [-0.1, -0.05) is 6.92 Å². The van der Waals surface area contributed by atoms with Crippen LogP contribution < -0.4 is 0 Å². The topological polar surface area (TPSA) is 82.4 Å². The Morgan fingerprint density at radius 2 is 1.93 bits per heavy atom. The van der Waals surface area contributed by atoms with Crippen molar-refractivity contribution in [2.24, 2.45) is 40.4 Å². The molecule has 6 nitrogen and oxygen atoms in total. The lowest BCUT2D eigenvalue weighted by Gasteiger charge is -2.69. The molecule has 3 N–H and O–H groups in total. The Hall–Kier alpha value is -0.240. The second-order valence-electron chi connectivity index (χ2n) is 11.2. The zero-order chi connectivity index (χ0) is 20.3. The SMILES string of the molecule is CCN1C[C@@]2(COC)CC[C@H](O)C34C5C[C@H]6C(O)C5[C@](O)(C[C@@H]6OC)C(CC32)C14. The molecule has 5 aliphatic carbocycles. The summed E-state index contributed by atoms with van der Waals surface area (Å²) in [6.07, 6.45) is 3.27. The molecular weight excluding hydrogens is 370 g/mol. The van der Waals surface area contributed by atoms with E-state index in [1.54, 1.807) is 14.2 Å². The van der Waals surface area contributed by atoms with Crippen molar-refractivity contribution >= 4 is 0 Å². The monoisotopic (exact) mass is 407 g/mol. The quantitative estimate of drug-likeness (QED) is 0.642. The Kier molecular flexibility index (Phi) is 4.00. The summed E-state index contributed by atoms with van der Waals surface area (Å²) in [6.45, 7) is 4.88. The van der Waals surface area contributed by atoms with E-state index in [1.165, 1.54) is 0 Å². The third-order valence-corrected chi connectivity index (χ3v) is 10.9. The van der Waals surface area contributed by atoms with Crippen LogP contribution in [0.4, 0.5) is 0 Å². The van der Waals surface area contributed by atoms with Gasteiger partial charge in [-0.25, -0.2) is 0 Å². The van der Waals surface area contributed by atoms with Crippen molar-refractivity contribution in [2.75, 3.05) is 33.9 Å². The molecule has 1 saturated heterocycles. The number of fused-ring (bicyclic) bond motifs is 2. The van der Waals surface area contributed by atoms with E-state index in [9.17, 15) is 15.3 Å². The molecule has 0 amide bonds. The van der Waals surface area contributed by atoms with Gasteiger partial charge in [0.15, 0.2) is 0 Å². The van der Waals surface area contributed by atoms with Crippen molar-refractivity contribution in [3.63, 3.8) is 0 Å². The van der Waals surface area contributed by atoms with Crippen LogP contribution in [0.3, 0.4) is 0 Å². The van der Waals surface area contributed by atoms with Crippen molar-refractivity contribution in [3.8, 4) is 0 Å². The average molecular weight is 408 g/mol. The Morgan fingerprint density at radius 3 is 2.62 bits per heavy atom. The Balaban J connectivity index is 1.57. The molecule has 6 rings (SSSR count). The Morgan fingerprint density at radius 1 is 1.14 bits per heavy atom. The zero-order valence-electron chi connectivity index (χ0n) is 18.0. The first kappa shape index (κ1) is 19.4. The van der Waals surface area contributed by atoms with Crippen LogP contribution in [0.15, 0.2) is 0 Å². The van der Waals surface area contributed by atoms with Crippen molar-refractivity contribution in [1.82, 2.24) is 4.90 Å². The number of ether oxygens (including phenoxy) is 2. The maximum atomic E-state index is 12.2. The van der Waals surface area contributed by atoms with Crippen LogP contribution in [0.25, 0.3) is 0 Å². The highest BCUT2D eigenvalue weighted by atomic mass is 16.5. The lowest BCUT2D eigenvalue weighted by atomic mass is 9.43. The molecule has 1 spiro atoms. The number of rotatable bonds is 4. The maximum absolute atomic E-state index is 12.2. The van der Waals surface area contributed by atoms with E-state index in [-0.39, 0.29) is 52.8 Å². The zero-order valence-corrected chi connectivity index (χ0v) is 18.0. The number of aliphatic hydroxyl groups excluding tert-OH is 2. The molecule has 1 heterocycles. The van der Waals surface area contributed by atoms with Crippen molar-refractivity contribution in [1.29, 1.82) is 0 Å². The van der Waals surface area contributed by atoms with E-state index in [0.717, 1.165) is 45.4 Å². The molecule has 1 aliphatic heterocycles. The van der Waals surface area contributed by atoms with Crippen LogP contribution >= 0.6 is 0 Å². The molecule has 7 unspecified atom stereocenters. The first-order chi connectivity index (χ1) is 13.9. The molecule has 0 aromatic heterocycles. The Bertz CT molecular complexity index is 705. The van der Waals surface area contributed by atoms with E-state index in [4.69, 9.17) is 9.47 Å². The van der Waals surface area contributed by atoms with Gasteiger partial charge in [-0.05, 0) is 44.1 Å². The van der Waals surface area contributed by atoms with E-state index in [0.29, 0.717) is 12.3 Å². The number of likely N-dealkylation sites (tertiary alicyclic amines) is 1. The van der Waals surface area contributed by atoms with E-state index in [1.807, 2.05) is 0 Å². The molecule has 6 fully saturated rings. The van der Waals surface area contributed by atoms with Gasteiger partial charge in [-0.3, -0.25) is 4.90 Å². The highest BCUT2D eigenvalue weighted by Crippen LogP contribution is 2.78. The largest absolute Gasteiger partial charge is 0.392 e. The number of hydrogen-bond acceptors (Lipinski definition) is 6. The molecular formula is C23H37NO5. The smallest absolute Gasteiger partial charge is 0.0771 e. The van der Waals surface area contributed by atoms with Gasteiger partial charge in [0, 0.05) is 61.8 Å². The third kappa shape index (κ3) is 1.93. The van der Waals surface area contributed by atoms with Gasteiger partial charge in [0.1, 0.15) is 0 Å². The van der Waals surface area contributed by atoms with Crippen molar-refractivity contribution < 1.29 is 24.8 Å². The standard InChI is InChI=1S/C23H37NO5/c1-4-24-10-21(11-28-2)6-5-17(25)23-13-7-12-15(29-3)9-22(27,18(13)19(12)26)14(20(23)24)8-16(21)23/h12-20,25-27H,4-11H2,1-3H3/t12-,13?,14?,15+,16?,17+,18?,19?,20?,21-,22+,23?/m1/s1. The summed E-state index contributed by atoms with van der Waals surface area (Å²) in [5, 5.41) is 35.2. The highest BCUT2D eigenvalue weighted by Gasteiger charge is 2.83. The van der Waals surface area contributed by atoms with Crippen LogP contribution in [0.2, 0.25) is 0 Å². The molecule has 0 aromatic carbocycles. The summed E-state index contributed by atoms with van der Waals surface area (Å²) in [4.78, 5) is 2.57. The van der Waals surface area contributed by atoms with Gasteiger partial charge in [-0.2, -0.15) is 0 Å². The second kappa shape index (κ2) is 5.96. The Labute approximate surface area is 173 Å². The molecule has 164 valence electrons. The molecule has 6 aliphatic rings. The number of nitrogens with zero attached hydrogens (tertiary/aromatic N) is 1.